The topological polar surface area (TPSA) is 25.0 Å². The van der Waals surface area contributed by atoms with Crippen molar-refractivity contribution in [1.82, 2.24) is 4.98 Å². The van der Waals surface area contributed by atoms with Gasteiger partial charge in [-0.15, -0.1) is 0 Å². The first-order valence-electron chi connectivity index (χ1n) is 8.13. The van der Waals surface area contributed by atoms with Gasteiger partial charge in [-0.1, -0.05) is 49.2 Å². The average molecular weight is 350 g/mol. The third-order valence-electron chi connectivity index (χ3n) is 4.90. The lowest BCUT2D eigenvalue weighted by molar-refractivity contribution is -0.0723. The average Bonchev–Trinajstić information content (AvgIpc) is 2.87. The maximum atomic E-state index is 6.27. The van der Waals surface area contributed by atoms with E-state index in [4.69, 9.17) is 4.74 Å². The van der Waals surface area contributed by atoms with E-state index >= 15 is 0 Å². The third-order valence-corrected chi connectivity index (χ3v) is 5.64. The number of aromatic amines is 1. The highest BCUT2D eigenvalue weighted by atomic mass is 79.9. The van der Waals surface area contributed by atoms with Crippen molar-refractivity contribution in [1.29, 1.82) is 0 Å². The molecule has 114 valence electrons. The monoisotopic (exact) mass is 349 g/mol. The first kappa shape index (κ1) is 15.1. The van der Waals surface area contributed by atoms with Crippen LogP contribution in [0.2, 0.25) is 0 Å². The van der Waals surface area contributed by atoms with Crippen molar-refractivity contribution in [2.24, 2.45) is 0 Å². The summed E-state index contributed by atoms with van der Waals surface area (Å²) in [7, 11) is 0. The number of rotatable bonds is 4. The SMILES string of the molecule is CCCC1(CC)OCCc2c1[nH]c1c(CC)c(Br)ccc21. The Morgan fingerprint density at radius 3 is 2.76 bits per heavy atom. The van der Waals surface area contributed by atoms with Crippen molar-refractivity contribution in [3.8, 4) is 0 Å². The quantitative estimate of drug-likeness (QED) is 0.777. The van der Waals surface area contributed by atoms with E-state index in [1.54, 1.807) is 0 Å². The van der Waals surface area contributed by atoms with E-state index in [1.807, 2.05) is 0 Å². The molecule has 1 aliphatic rings. The van der Waals surface area contributed by atoms with Crippen LogP contribution < -0.4 is 0 Å². The number of hydrogen-bond donors (Lipinski definition) is 1. The lowest BCUT2D eigenvalue weighted by Crippen LogP contribution is -2.35. The lowest BCUT2D eigenvalue weighted by atomic mass is 9.85. The van der Waals surface area contributed by atoms with Crippen LogP contribution in [0.15, 0.2) is 16.6 Å². The fourth-order valence-electron chi connectivity index (χ4n) is 3.82. The van der Waals surface area contributed by atoms with Crippen molar-refractivity contribution >= 4 is 26.8 Å². The van der Waals surface area contributed by atoms with E-state index in [0.29, 0.717) is 0 Å². The van der Waals surface area contributed by atoms with Gasteiger partial charge in [0, 0.05) is 9.86 Å². The molecule has 1 aromatic carbocycles. The van der Waals surface area contributed by atoms with Crippen LogP contribution >= 0.6 is 15.9 Å². The summed E-state index contributed by atoms with van der Waals surface area (Å²) in [5.74, 6) is 0. The van der Waals surface area contributed by atoms with Crippen LogP contribution in [0.4, 0.5) is 0 Å². The van der Waals surface area contributed by atoms with Crippen LogP contribution in [0.3, 0.4) is 0 Å². The standard InChI is InChI=1S/C18H24BrNO/c1-4-10-18(6-3)17-14(9-11-21-18)13-7-8-15(19)12(5-2)16(13)20-17/h7-8,20H,4-6,9-11H2,1-3H3. The van der Waals surface area contributed by atoms with Gasteiger partial charge in [-0.3, -0.25) is 0 Å². The predicted octanol–water partition coefficient (Wildman–Crippen LogP) is 5.47. The fourth-order valence-corrected chi connectivity index (χ4v) is 4.43. The third kappa shape index (κ3) is 2.25. The molecule has 1 N–H and O–H groups in total. The van der Waals surface area contributed by atoms with Crippen LogP contribution in [0.1, 0.15) is 56.9 Å². The first-order chi connectivity index (χ1) is 10.2. The number of benzene rings is 1. The summed E-state index contributed by atoms with van der Waals surface area (Å²) >= 11 is 3.70. The number of fused-ring (bicyclic) bond motifs is 3. The van der Waals surface area contributed by atoms with Crippen LogP contribution in [0, 0.1) is 0 Å². The van der Waals surface area contributed by atoms with E-state index in [2.05, 4.69) is 53.8 Å². The maximum Gasteiger partial charge on any atom is 0.108 e. The summed E-state index contributed by atoms with van der Waals surface area (Å²) in [5, 5.41) is 1.39. The van der Waals surface area contributed by atoms with Gasteiger partial charge in [0.1, 0.15) is 5.60 Å². The zero-order chi connectivity index (χ0) is 15.0. The molecule has 0 saturated heterocycles. The molecule has 0 radical (unpaired) electrons. The maximum absolute atomic E-state index is 6.27. The molecule has 2 aromatic rings. The Morgan fingerprint density at radius 2 is 2.10 bits per heavy atom. The molecular formula is C18H24BrNO. The molecule has 1 aliphatic heterocycles. The van der Waals surface area contributed by atoms with Gasteiger partial charge in [-0.2, -0.15) is 0 Å². The second kappa shape index (κ2) is 5.77. The number of nitrogens with one attached hydrogen (secondary N) is 1. The molecule has 0 saturated carbocycles. The van der Waals surface area contributed by atoms with E-state index in [1.165, 1.54) is 32.2 Å². The summed E-state index contributed by atoms with van der Waals surface area (Å²) in [6.45, 7) is 7.54. The molecule has 0 fully saturated rings. The van der Waals surface area contributed by atoms with E-state index in [-0.39, 0.29) is 5.60 Å². The predicted molar refractivity (Wildman–Crippen MR) is 91.9 cm³/mol. The second-order valence-electron chi connectivity index (χ2n) is 5.98. The highest BCUT2D eigenvalue weighted by molar-refractivity contribution is 9.10. The second-order valence-corrected chi connectivity index (χ2v) is 6.83. The summed E-state index contributed by atoms with van der Waals surface area (Å²) in [5.41, 5.74) is 5.38. The van der Waals surface area contributed by atoms with Gasteiger partial charge in [0.05, 0.1) is 17.8 Å². The summed E-state index contributed by atoms with van der Waals surface area (Å²) in [6, 6.07) is 4.45. The summed E-state index contributed by atoms with van der Waals surface area (Å²) in [4.78, 5) is 3.75. The fraction of sp³-hybridized carbons (Fsp3) is 0.556. The Hall–Kier alpha value is -0.800. The van der Waals surface area contributed by atoms with Crippen molar-refractivity contribution in [2.45, 2.75) is 58.5 Å². The largest absolute Gasteiger partial charge is 0.368 e. The smallest absolute Gasteiger partial charge is 0.108 e. The molecule has 3 rings (SSSR count). The molecule has 0 aliphatic carbocycles. The van der Waals surface area contributed by atoms with Crippen LogP contribution in [-0.2, 0) is 23.2 Å². The molecule has 3 heteroatoms. The summed E-state index contributed by atoms with van der Waals surface area (Å²) in [6.07, 6.45) is 5.32. The van der Waals surface area contributed by atoms with Crippen LogP contribution in [0.5, 0.6) is 0 Å². The Bertz CT molecular complexity index is 661. The molecule has 0 spiro atoms. The van der Waals surface area contributed by atoms with Gasteiger partial charge in [0.25, 0.3) is 0 Å². The number of hydrogen-bond acceptors (Lipinski definition) is 1. The molecule has 0 bridgehead atoms. The van der Waals surface area contributed by atoms with Gasteiger partial charge in [-0.05, 0) is 42.9 Å². The normalized spacial score (nSPS) is 21.7. The summed E-state index contributed by atoms with van der Waals surface area (Å²) < 4.78 is 7.48. The lowest BCUT2D eigenvalue weighted by Gasteiger charge is -2.36. The zero-order valence-corrected chi connectivity index (χ0v) is 14.8. The number of ether oxygens (including phenoxy) is 1. The minimum absolute atomic E-state index is 0.112. The minimum atomic E-state index is -0.112. The Morgan fingerprint density at radius 1 is 1.29 bits per heavy atom. The van der Waals surface area contributed by atoms with E-state index in [9.17, 15) is 0 Å². The Balaban J connectivity index is 2.27. The molecule has 1 unspecified atom stereocenters. The van der Waals surface area contributed by atoms with E-state index < -0.39 is 0 Å². The van der Waals surface area contributed by atoms with Gasteiger partial charge < -0.3 is 9.72 Å². The van der Waals surface area contributed by atoms with Crippen molar-refractivity contribution < 1.29 is 4.74 Å². The molecule has 0 amide bonds. The molecule has 2 nitrogen and oxygen atoms in total. The minimum Gasteiger partial charge on any atom is -0.368 e. The van der Waals surface area contributed by atoms with Gasteiger partial charge >= 0.3 is 0 Å². The van der Waals surface area contributed by atoms with Crippen molar-refractivity contribution in [3.05, 3.63) is 33.4 Å². The van der Waals surface area contributed by atoms with Gasteiger partial charge in [0.15, 0.2) is 0 Å². The number of aromatic nitrogens is 1. The molecule has 2 heterocycles. The number of halogens is 1. The van der Waals surface area contributed by atoms with E-state index in [0.717, 1.165) is 38.7 Å². The first-order valence-corrected chi connectivity index (χ1v) is 8.92. The molecule has 1 atom stereocenters. The van der Waals surface area contributed by atoms with Gasteiger partial charge in [-0.25, -0.2) is 0 Å². The van der Waals surface area contributed by atoms with Crippen LogP contribution in [-0.4, -0.2) is 11.6 Å². The molecule has 21 heavy (non-hydrogen) atoms. The molecular weight excluding hydrogens is 326 g/mol. The molecule has 1 aromatic heterocycles. The number of aryl methyl sites for hydroxylation is 1. The Kier molecular flexibility index (Phi) is 4.15. The zero-order valence-electron chi connectivity index (χ0n) is 13.2. The highest BCUT2D eigenvalue weighted by Crippen LogP contribution is 2.43. The Labute approximate surface area is 135 Å². The van der Waals surface area contributed by atoms with Crippen molar-refractivity contribution in [3.63, 3.8) is 0 Å². The highest BCUT2D eigenvalue weighted by Gasteiger charge is 2.38. The van der Waals surface area contributed by atoms with Crippen LogP contribution in [0.25, 0.3) is 10.9 Å². The van der Waals surface area contributed by atoms with Crippen molar-refractivity contribution in [2.75, 3.05) is 6.61 Å². The number of H-pyrrole nitrogens is 1. The van der Waals surface area contributed by atoms with Gasteiger partial charge in [0.2, 0.25) is 0 Å².